The Morgan fingerprint density at radius 1 is 1.17 bits per heavy atom. The minimum atomic E-state index is -0.900. The fourth-order valence-corrected chi connectivity index (χ4v) is 3.23. The topological polar surface area (TPSA) is 143 Å². The van der Waals surface area contributed by atoms with Crippen LogP contribution in [0.5, 0.6) is 11.5 Å². The maximum atomic E-state index is 12.0. The monoisotopic (exact) mass is 430 g/mol. The second kappa shape index (κ2) is 7.05. The van der Waals surface area contributed by atoms with E-state index >= 15 is 0 Å². The van der Waals surface area contributed by atoms with E-state index in [1.54, 1.807) is 12.1 Å². The fraction of sp³-hybridized carbons (Fsp3) is 0.0588. The smallest absolute Gasteiger partial charge is 0.349 e. The number of aromatic nitrogens is 4. The van der Waals surface area contributed by atoms with Gasteiger partial charge in [-0.3, -0.25) is 14.6 Å². The molecular formula is C17H8Cl2N6O4. The lowest BCUT2D eigenvalue weighted by atomic mass is 10.2. The Balaban J connectivity index is 1.71. The maximum Gasteiger partial charge on any atom is 0.349 e. The van der Waals surface area contributed by atoms with E-state index in [1.165, 1.54) is 18.3 Å². The number of hydrogen-bond donors (Lipinski definition) is 2. The van der Waals surface area contributed by atoms with E-state index in [0.717, 1.165) is 4.68 Å². The highest BCUT2D eigenvalue weighted by Gasteiger charge is 2.20. The molecule has 2 aromatic heterocycles. The van der Waals surface area contributed by atoms with E-state index in [1.807, 2.05) is 4.98 Å². The van der Waals surface area contributed by atoms with Crippen molar-refractivity contribution in [3.8, 4) is 23.3 Å². The standard InChI is InChI=1S/C17H8Cl2N6O4/c18-10-3-8(25-17(28)23-16(27)12(5-20)24-25)4-11(19)14(10)29-9-1-7-2-13(26)22-15(7)21-6-9/h1,3-4,6H,2H2,(H,21,22,26)(H,23,27,28). The summed E-state index contributed by atoms with van der Waals surface area (Å²) in [6.45, 7) is 0. The van der Waals surface area contributed by atoms with Gasteiger partial charge in [-0.15, -0.1) is 5.10 Å². The third-order valence-electron chi connectivity index (χ3n) is 3.93. The highest BCUT2D eigenvalue weighted by molar-refractivity contribution is 6.37. The van der Waals surface area contributed by atoms with Crippen molar-refractivity contribution >= 4 is 34.9 Å². The molecule has 0 fully saturated rings. The lowest BCUT2D eigenvalue weighted by Crippen LogP contribution is -2.33. The molecule has 0 saturated carbocycles. The van der Waals surface area contributed by atoms with Crippen LogP contribution in [-0.2, 0) is 11.2 Å². The molecule has 12 heteroatoms. The molecular weight excluding hydrogens is 423 g/mol. The Labute approximate surface area is 171 Å². The molecule has 0 aliphatic carbocycles. The van der Waals surface area contributed by atoms with Crippen LogP contribution in [0.3, 0.4) is 0 Å². The van der Waals surface area contributed by atoms with Gasteiger partial charge in [-0.1, -0.05) is 23.2 Å². The Kier molecular flexibility index (Phi) is 4.54. The summed E-state index contributed by atoms with van der Waals surface area (Å²) >= 11 is 12.5. The molecule has 0 spiro atoms. The van der Waals surface area contributed by atoms with Crippen molar-refractivity contribution in [2.75, 3.05) is 5.32 Å². The zero-order valence-corrected chi connectivity index (χ0v) is 15.7. The van der Waals surface area contributed by atoms with Crippen molar-refractivity contribution < 1.29 is 9.53 Å². The quantitative estimate of drug-likeness (QED) is 0.644. The second-order valence-electron chi connectivity index (χ2n) is 5.88. The average molecular weight is 431 g/mol. The molecule has 144 valence electrons. The number of nitriles is 1. The van der Waals surface area contributed by atoms with Crippen LogP contribution < -0.4 is 21.3 Å². The number of carbonyl (C=O) groups excluding carboxylic acids is 1. The number of pyridine rings is 1. The first-order valence-electron chi connectivity index (χ1n) is 7.95. The van der Waals surface area contributed by atoms with Gasteiger partial charge in [-0.05, 0) is 18.2 Å². The van der Waals surface area contributed by atoms with Crippen LogP contribution in [0.4, 0.5) is 5.82 Å². The molecule has 1 aliphatic heterocycles. The SMILES string of the molecule is N#Cc1nn(-c2cc(Cl)c(Oc3cnc4c(c3)CC(=O)N4)c(Cl)c2)c(=O)[nH]c1=O. The molecule has 3 heterocycles. The van der Waals surface area contributed by atoms with Crippen molar-refractivity contribution in [1.29, 1.82) is 5.26 Å². The number of H-pyrrole nitrogens is 1. The summed E-state index contributed by atoms with van der Waals surface area (Å²) in [6.07, 6.45) is 1.58. The number of nitrogens with zero attached hydrogens (tertiary/aromatic N) is 4. The van der Waals surface area contributed by atoms with Crippen LogP contribution in [0, 0.1) is 11.3 Å². The van der Waals surface area contributed by atoms with Crippen molar-refractivity contribution in [3.63, 3.8) is 0 Å². The summed E-state index contributed by atoms with van der Waals surface area (Å²) < 4.78 is 6.49. The van der Waals surface area contributed by atoms with Crippen LogP contribution in [0.15, 0.2) is 34.0 Å². The van der Waals surface area contributed by atoms with E-state index in [9.17, 15) is 14.4 Å². The van der Waals surface area contributed by atoms with Crippen molar-refractivity contribution in [2.45, 2.75) is 6.42 Å². The Morgan fingerprint density at radius 3 is 2.59 bits per heavy atom. The third-order valence-corrected chi connectivity index (χ3v) is 4.49. The number of ether oxygens (including phenoxy) is 1. The number of hydrogen-bond acceptors (Lipinski definition) is 7. The first-order valence-corrected chi connectivity index (χ1v) is 8.71. The highest BCUT2D eigenvalue weighted by atomic mass is 35.5. The first-order chi connectivity index (χ1) is 13.9. The Bertz CT molecular complexity index is 1320. The predicted octanol–water partition coefficient (Wildman–Crippen LogP) is 1.78. The lowest BCUT2D eigenvalue weighted by molar-refractivity contribution is -0.115. The summed E-state index contributed by atoms with van der Waals surface area (Å²) in [5.41, 5.74) is -1.47. The minimum Gasteiger partial charge on any atom is -0.453 e. The zero-order chi connectivity index (χ0) is 20.7. The van der Waals surface area contributed by atoms with Gasteiger partial charge in [0.05, 0.1) is 28.4 Å². The first kappa shape index (κ1) is 18.7. The van der Waals surface area contributed by atoms with Crippen LogP contribution in [0.1, 0.15) is 11.3 Å². The van der Waals surface area contributed by atoms with E-state index in [0.29, 0.717) is 17.1 Å². The van der Waals surface area contributed by atoms with Gasteiger partial charge >= 0.3 is 5.69 Å². The molecule has 1 aromatic carbocycles. The number of carbonyl (C=O) groups is 1. The number of nitrogens with one attached hydrogen (secondary N) is 2. The summed E-state index contributed by atoms with van der Waals surface area (Å²) in [7, 11) is 0. The van der Waals surface area contributed by atoms with Gasteiger partial charge < -0.3 is 10.1 Å². The minimum absolute atomic E-state index is 0.0422. The van der Waals surface area contributed by atoms with Gasteiger partial charge in [0.15, 0.2) is 5.75 Å². The number of halogens is 2. The molecule has 3 aromatic rings. The molecule has 10 nitrogen and oxygen atoms in total. The molecule has 1 aliphatic rings. The van der Waals surface area contributed by atoms with Crippen molar-refractivity contribution in [1.82, 2.24) is 19.7 Å². The largest absolute Gasteiger partial charge is 0.453 e. The Hall–Kier alpha value is -3.68. The van der Waals surface area contributed by atoms with Gasteiger partial charge in [0.2, 0.25) is 11.6 Å². The fourth-order valence-electron chi connectivity index (χ4n) is 2.67. The summed E-state index contributed by atoms with van der Waals surface area (Å²) in [4.78, 5) is 41.0. The van der Waals surface area contributed by atoms with Crippen molar-refractivity contribution in [2.24, 2.45) is 0 Å². The molecule has 0 radical (unpaired) electrons. The molecule has 0 atom stereocenters. The number of amides is 1. The normalized spacial score (nSPS) is 12.2. The van der Waals surface area contributed by atoms with Crippen LogP contribution in [-0.4, -0.2) is 25.7 Å². The van der Waals surface area contributed by atoms with Gasteiger partial charge in [0, 0.05) is 5.56 Å². The summed E-state index contributed by atoms with van der Waals surface area (Å²) in [5, 5.41) is 15.3. The maximum absolute atomic E-state index is 12.0. The third kappa shape index (κ3) is 3.44. The van der Waals surface area contributed by atoms with Gasteiger partial charge in [-0.2, -0.15) is 9.94 Å². The second-order valence-corrected chi connectivity index (χ2v) is 6.69. The molecule has 4 rings (SSSR count). The molecule has 1 amide bonds. The van der Waals surface area contributed by atoms with Crippen LogP contribution >= 0.6 is 23.2 Å². The number of rotatable bonds is 3. The zero-order valence-electron chi connectivity index (χ0n) is 14.2. The molecule has 0 bridgehead atoms. The van der Waals surface area contributed by atoms with Gasteiger partial charge in [0.25, 0.3) is 5.56 Å². The van der Waals surface area contributed by atoms with E-state index in [4.69, 9.17) is 33.2 Å². The number of benzene rings is 1. The van der Waals surface area contributed by atoms with Crippen molar-refractivity contribution in [3.05, 3.63) is 66.5 Å². The van der Waals surface area contributed by atoms with Crippen LogP contribution in [0.2, 0.25) is 10.0 Å². The Morgan fingerprint density at radius 2 is 1.90 bits per heavy atom. The summed E-state index contributed by atoms with van der Waals surface area (Å²) in [6, 6.07) is 5.89. The molecule has 2 N–H and O–H groups in total. The molecule has 0 saturated heterocycles. The van der Waals surface area contributed by atoms with E-state index in [2.05, 4.69) is 15.4 Å². The van der Waals surface area contributed by atoms with E-state index < -0.39 is 16.9 Å². The molecule has 29 heavy (non-hydrogen) atoms. The number of fused-ring (bicyclic) bond motifs is 1. The number of anilines is 1. The predicted molar refractivity (Wildman–Crippen MR) is 102 cm³/mol. The van der Waals surface area contributed by atoms with E-state index in [-0.39, 0.29) is 33.8 Å². The van der Waals surface area contributed by atoms with Gasteiger partial charge in [0.1, 0.15) is 17.6 Å². The summed E-state index contributed by atoms with van der Waals surface area (Å²) in [5.74, 6) is 0.698. The average Bonchev–Trinajstić information content (AvgIpc) is 3.04. The molecule has 0 unspecified atom stereocenters. The highest BCUT2D eigenvalue weighted by Crippen LogP contribution is 2.38. The number of aromatic amines is 1. The van der Waals surface area contributed by atoms with Gasteiger partial charge in [-0.25, -0.2) is 9.78 Å². The lowest BCUT2D eigenvalue weighted by Gasteiger charge is -2.12. The van der Waals surface area contributed by atoms with Crippen LogP contribution in [0.25, 0.3) is 5.69 Å².